The second kappa shape index (κ2) is 5.60. The Kier molecular flexibility index (Phi) is 4.06. The van der Waals surface area contributed by atoms with Gasteiger partial charge in [0.15, 0.2) is 0 Å². The van der Waals surface area contributed by atoms with E-state index in [1.807, 2.05) is 0 Å². The van der Waals surface area contributed by atoms with Crippen molar-refractivity contribution in [2.75, 3.05) is 17.6 Å². The molecule has 0 saturated heterocycles. The first-order valence-electron chi connectivity index (χ1n) is 5.64. The predicted octanol–water partition coefficient (Wildman–Crippen LogP) is 2.73. The van der Waals surface area contributed by atoms with Crippen LogP contribution in [0.1, 0.15) is 0 Å². The molecule has 7 heteroatoms. The molecule has 0 saturated carbocycles. The molecule has 0 aliphatic rings. The Morgan fingerprint density at radius 2 is 1.80 bits per heavy atom. The van der Waals surface area contributed by atoms with Crippen molar-refractivity contribution in [3.63, 3.8) is 0 Å². The molecule has 2 aromatic carbocycles. The van der Waals surface area contributed by atoms with Gasteiger partial charge in [0.2, 0.25) is 0 Å². The molecule has 0 fully saturated rings. The summed E-state index contributed by atoms with van der Waals surface area (Å²) in [6.45, 7) is 0. The minimum absolute atomic E-state index is 0.131. The predicted molar refractivity (Wildman–Crippen MR) is 79.7 cm³/mol. The highest BCUT2D eigenvalue weighted by atomic mass is 35.5. The molecule has 20 heavy (non-hydrogen) atoms. The van der Waals surface area contributed by atoms with Crippen LogP contribution in [-0.4, -0.2) is 15.5 Å². The van der Waals surface area contributed by atoms with Crippen LogP contribution in [-0.2, 0) is 10.0 Å². The fraction of sp³-hybridized carbons (Fsp3) is 0.0769. The van der Waals surface area contributed by atoms with Gasteiger partial charge in [0.05, 0.1) is 28.4 Å². The lowest BCUT2D eigenvalue weighted by molar-refractivity contribution is 0.414. The number of nitrogen functional groups attached to an aromatic ring is 1. The van der Waals surface area contributed by atoms with E-state index >= 15 is 0 Å². The molecule has 106 valence electrons. The van der Waals surface area contributed by atoms with E-state index in [1.54, 1.807) is 18.2 Å². The summed E-state index contributed by atoms with van der Waals surface area (Å²) in [6, 6.07) is 10.6. The summed E-state index contributed by atoms with van der Waals surface area (Å²) in [6.07, 6.45) is 0. The highest BCUT2D eigenvalue weighted by molar-refractivity contribution is 7.92. The molecule has 0 radical (unpaired) electrons. The summed E-state index contributed by atoms with van der Waals surface area (Å²) >= 11 is 5.85. The Morgan fingerprint density at radius 1 is 1.15 bits per heavy atom. The van der Waals surface area contributed by atoms with Crippen molar-refractivity contribution in [3.8, 4) is 5.75 Å². The molecule has 2 rings (SSSR count). The number of benzene rings is 2. The smallest absolute Gasteiger partial charge is 0.261 e. The molecule has 5 nitrogen and oxygen atoms in total. The first kappa shape index (κ1) is 14.5. The van der Waals surface area contributed by atoms with Crippen molar-refractivity contribution in [3.05, 3.63) is 47.5 Å². The minimum Gasteiger partial charge on any atom is -0.497 e. The fourth-order valence-corrected chi connectivity index (χ4v) is 2.79. The zero-order valence-corrected chi connectivity index (χ0v) is 12.2. The Morgan fingerprint density at radius 3 is 2.35 bits per heavy atom. The number of sulfonamides is 1. The van der Waals surface area contributed by atoms with Gasteiger partial charge in [0.25, 0.3) is 10.0 Å². The van der Waals surface area contributed by atoms with Gasteiger partial charge >= 0.3 is 0 Å². The fourth-order valence-electron chi connectivity index (χ4n) is 1.56. The second-order valence-electron chi connectivity index (χ2n) is 4.02. The maximum absolute atomic E-state index is 12.2. The minimum atomic E-state index is -3.67. The van der Waals surface area contributed by atoms with Crippen LogP contribution in [0, 0.1) is 0 Å². The van der Waals surface area contributed by atoms with Crippen molar-refractivity contribution < 1.29 is 13.2 Å². The number of nitrogens with one attached hydrogen (secondary N) is 1. The number of hydrogen-bond donors (Lipinski definition) is 2. The number of halogens is 1. The SMILES string of the molecule is COc1ccc(S(=O)(=O)Nc2ccc(N)c(Cl)c2)cc1. The Labute approximate surface area is 122 Å². The van der Waals surface area contributed by atoms with E-state index < -0.39 is 10.0 Å². The number of hydrogen-bond acceptors (Lipinski definition) is 4. The largest absolute Gasteiger partial charge is 0.497 e. The van der Waals surface area contributed by atoms with Crippen LogP contribution in [0.4, 0.5) is 11.4 Å². The zero-order chi connectivity index (χ0) is 14.8. The number of anilines is 2. The van der Waals surface area contributed by atoms with Crippen molar-refractivity contribution in [2.24, 2.45) is 0 Å². The zero-order valence-electron chi connectivity index (χ0n) is 10.6. The quantitative estimate of drug-likeness (QED) is 0.851. The third-order valence-corrected chi connectivity index (χ3v) is 4.35. The van der Waals surface area contributed by atoms with Crippen molar-refractivity contribution in [2.45, 2.75) is 4.90 Å². The third-order valence-electron chi connectivity index (χ3n) is 2.62. The van der Waals surface area contributed by atoms with Gasteiger partial charge in [0.1, 0.15) is 5.75 Å². The monoisotopic (exact) mass is 312 g/mol. The van der Waals surface area contributed by atoms with E-state index in [2.05, 4.69) is 4.72 Å². The van der Waals surface area contributed by atoms with E-state index in [1.165, 1.54) is 31.4 Å². The lowest BCUT2D eigenvalue weighted by atomic mass is 10.3. The van der Waals surface area contributed by atoms with Gasteiger partial charge in [-0.3, -0.25) is 4.72 Å². The molecule has 0 aliphatic heterocycles. The maximum Gasteiger partial charge on any atom is 0.261 e. The summed E-state index contributed by atoms with van der Waals surface area (Å²) in [4.78, 5) is 0.131. The normalized spacial score (nSPS) is 11.1. The van der Waals surface area contributed by atoms with Crippen LogP contribution in [0.5, 0.6) is 5.75 Å². The van der Waals surface area contributed by atoms with Crippen LogP contribution in [0.15, 0.2) is 47.4 Å². The van der Waals surface area contributed by atoms with Gasteiger partial charge in [0, 0.05) is 0 Å². The lowest BCUT2D eigenvalue weighted by Gasteiger charge is -2.09. The van der Waals surface area contributed by atoms with Gasteiger partial charge in [-0.15, -0.1) is 0 Å². The average Bonchev–Trinajstić information content (AvgIpc) is 2.43. The third kappa shape index (κ3) is 3.15. The standard InChI is InChI=1S/C13H13ClN2O3S/c1-19-10-3-5-11(6-4-10)20(17,18)16-9-2-7-13(15)12(14)8-9/h2-8,16H,15H2,1H3. The molecule has 0 amide bonds. The highest BCUT2D eigenvalue weighted by Crippen LogP contribution is 2.25. The van der Waals surface area contributed by atoms with E-state index in [9.17, 15) is 8.42 Å². The number of ether oxygens (including phenoxy) is 1. The topological polar surface area (TPSA) is 81.4 Å². The van der Waals surface area contributed by atoms with Crippen LogP contribution in [0.25, 0.3) is 0 Å². The molecule has 3 N–H and O–H groups in total. The second-order valence-corrected chi connectivity index (χ2v) is 6.11. The van der Waals surface area contributed by atoms with Gasteiger partial charge in [-0.05, 0) is 42.5 Å². The molecule has 0 unspecified atom stereocenters. The van der Waals surface area contributed by atoms with E-state index in [-0.39, 0.29) is 4.90 Å². The Hall–Kier alpha value is -1.92. The molecule has 2 aromatic rings. The summed E-state index contributed by atoms with van der Waals surface area (Å²) in [5.41, 5.74) is 6.31. The van der Waals surface area contributed by atoms with Crippen LogP contribution >= 0.6 is 11.6 Å². The van der Waals surface area contributed by atoms with E-state index in [0.29, 0.717) is 22.1 Å². The maximum atomic E-state index is 12.2. The van der Waals surface area contributed by atoms with Crippen molar-refractivity contribution in [1.29, 1.82) is 0 Å². The summed E-state index contributed by atoms with van der Waals surface area (Å²) < 4.78 is 31.8. The molecular formula is C13H13ClN2O3S. The molecule has 0 heterocycles. The molecule has 0 atom stereocenters. The number of methoxy groups -OCH3 is 1. The molecule has 0 aromatic heterocycles. The van der Waals surface area contributed by atoms with Gasteiger partial charge < -0.3 is 10.5 Å². The number of rotatable bonds is 4. The van der Waals surface area contributed by atoms with E-state index in [0.717, 1.165) is 0 Å². The Bertz CT molecular complexity index is 715. The van der Waals surface area contributed by atoms with Gasteiger partial charge in [-0.1, -0.05) is 11.6 Å². The summed E-state index contributed by atoms with van der Waals surface area (Å²) in [5.74, 6) is 0.583. The van der Waals surface area contributed by atoms with Gasteiger partial charge in [-0.25, -0.2) is 8.42 Å². The molecular weight excluding hydrogens is 300 g/mol. The van der Waals surface area contributed by atoms with Crippen molar-refractivity contribution >= 4 is 33.0 Å². The average molecular weight is 313 g/mol. The Balaban J connectivity index is 2.27. The number of nitrogens with two attached hydrogens (primary N) is 1. The highest BCUT2D eigenvalue weighted by Gasteiger charge is 2.14. The van der Waals surface area contributed by atoms with Crippen LogP contribution < -0.4 is 15.2 Å². The first-order chi connectivity index (χ1) is 9.42. The summed E-state index contributed by atoms with van der Waals surface area (Å²) in [7, 11) is -2.16. The van der Waals surface area contributed by atoms with Crippen molar-refractivity contribution in [1.82, 2.24) is 0 Å². The molecule has 0 bridgehead atoms. The summed E-state index contributed by atoms with van der Waals surface area (Å²) in [5, 5.41) is 0.292. The van der Waals surface area contributed by atoms with E-state index in [4.69, 9.17) is 22.1 Å². The van der Waals surface area contributed by atoms with Crippen LogP contribution in [0.2, 0.25) is 5.02 Å². The van der Waals surface area contributed by atoms with Crippen LogP contribution in [0.3, 0.4) is 0 Å². The van der Waals surface area contributed by atoms with Gasteiger partial charge in [-0.2, -0.15) is 0 Å². The molecule has 0 spiro atoms. The lowest BCUT2D eigenvalue weighted by Crippen LogP contribution is -2.12. The first-order valence-corrected chi connectivity index (χ1v) is 7.50. The molecule has 0 aliphatic carbocycles.